The van der Waals surface area contributed by atoms with Gasteiger partial charge in [0.05, 0.1) is 12.7 Å². The van der Waals surface area contributed by atoms with Crippen molar-refractivity contribution in [2.45, 2.75) is 23.3 Å². The highest BCUT2D eigenvalue weighted by atomic mass is 79.9. The Morgan fingerprint density at radius 1 is 1.67 bits per heavy atom. The van der Waals surface area contributed by atoms with E-state index >= 15 is 0 Å². The minimum absolute atomic E-state index is 0.177. The molecule has 1 aromatic heterocycles. The zero-order chi connectivity index (χ0) is 13.3. The number of thiophene rings is 1. The maximum absolute atomic E-state index is 12.5. The Labute approximate surface area is 124 Å². The van der Waals surface area contributed by atoms with Gasteiger partial charge in [-0.05, 0) is 34.3 Å². The van der Waals surface area contributed by atoms with Crippen molar-refractivity contribution in [3.05, 3.63) is 15.9 Å². The molecule has 0 aliphatic carbocycles. The summed E-state index contributed by atoms with van der Waals surface area (Å²) in [5, 5.41) is 1.75. The van der Waals surface area contributed by atoms with E-state index in [4.69, 9.17) is 16.3 Å². The standard InChI is InChI=1S/C10H13BrClNO3S2/c1-7-6-16-8(4-12)5-13(7)18(14,15)10-9(11)2-3-17-10/h2-3,7-8H,4-6H2,1H3. The molecule has 4 nitrogen and oxygen atoms in total. The number of nitrogens with zero attached hydrogens (tertiary/aromatic N) is 1. The van der Waals surface area contributed by atoms with E-state index in [1.807, 2.05) is 6.92 Å². The summed E-state index contributed by atoms with van der Waals surface area (Å²) in [6.45, 7) is 2.51. The molecule has 0 N–H and O–H groups in total. The fraction of sp³-hybridized carbons (Fsp3) is 0.600. The van der Waals surface area contributed by atoms with Crippen LogP contribution in [0.4, 0.5) is 0 Å². The molecule has 2 rings (SSSR count). The quantitative estimate of drug-likeness (QED) is 0.764. The van der Waals surface area contributed by atoms with Gasteiger partial charge >= 0.3 is 0 Å². The molecule has 0 spiro atoms. The zero-order valence-electron chi connectivity index (χ0n) is 9.68. The van der Waals surface area contributed by atoms with Crippen LogP contribution in [-0.4, -0.2) is 43.9 Å². The van der Waals surface area contributed by atoms with Crippen molar-refractivity contribution in [1.82, 2.24) is 4.31 Å². The number of hydrogen-bond donors (Lipinski definition) is 0. The van der Waals surface area contributed by atoms with Crippen LogP contribution in [0.5, 0.6) is 0 Å². The fourth-order valence-corrected chi connectivity index (χ4v) is 6.05. The molecular weight excluding hydrogens is 362 g/mol. The predicted molar refractivity (Wildman–Crippen MR) is 75.8 cm³/mol. The van der Waals surface area contributed by atoms with Gasteiger partial charge < -0.3 is 4.74 Å². The molecule has 0 aromatic carbocycles. The van der Waals surface area contributed by atoms with E-state index in [2.05, 4.69) is 15.9 Å². The van der Waals surface area contributed by atoms with Gasteiger partial charge in [0.15, 0.2) is 0 Å². The van der Waals surface area contributed by atoms with Crippen LogP contribution in [0.2, 0.25) is 0 Å². The molecule has 1 aromatic rings. The van der Waals surface area contributed by atoms with Crippen molar-refractivity contribution in [3.8, 4) is 0 Å². The lowest BCUT2D eigenvalue weighted by Crippen LogP contribution is -2.51. The second kappa shape index (κ2) is 5.76. The van der Waals surface area contributed by atoms with E-state index in [1.54, 1.807) is 11.4 Å². The molecule has 18 heavy (non-hydrogen) atoms. The van der Waals surface area contributed by atoms with Crippen LogP contribution in [0.1, 0.15) is 6.92 Å². The van der Waals surface area contributed by atoms with Gasteiger partial charge in [-0.15, -0.1) is 22.9 Å². The number of ether oxygens (including phenoxy) is 1. The normalized spacial score (nSPS) is 26.4. The molecule has 8 heteroatoms. The largest absolute Gasteiger partial charge is 0.374 e. The molecule has 1 fully saturated rings. The molecule has 1 saturated heterocycles. The van der Waals surface area contributed by atoms with E-state index < -0.39 is 10.0 Å². The number of rotatable bonds is 3. The molecular formula is C10H13BrClNO3S2. The summed E-state index contributed by atoms with van der Waals surface area (Å²) in [4.78, 5) is 0. The van der Waals surface area contributed by atoms with Gasteiger partial charge in [-0.25, -0.2) is 8.42 Å². The summed E-state index contributed by atoms with van der Waals surface area (Å²) in [5.41, 5.74) is 0. The highest BCUT2D eigenvalue weighted by molar-refractivity contribution is 9.10. The van der Waals surface area contributed by atoms with Gasteiger partial charge in [0.1, 0.15) is 4.21 Å². The summed E-state index contributed by atoms with van der Waals surface area (Å²) in [6, 6.07) is 1.56. The van der Waals surface area contributed by atoms with Crippen molar-refractivity contribution in [3.63, 3.8) is 0 Å². The molecule has 0 bridgehead atoms. The third-order valence-corrected chi connectivity index (χ3v) is 7.72. The number of alkyl halides is 1. The van der Waals surface area contributed by atoms with Crippen LogP contribution >= 0.6 is 38.9 Å². The van der Waals surface area contributed by atoms with Crippen LogP contribution in [0.15, 0.2) is 20.1 Å². The molecule has 2 atom stereocenters. The molecule has 1 aliphatic rings. The molecule has 0 saturated carbocycles. The van der Waals surface area contributed by atoms with Crippen molar-refractivity contribution in [2.75, 3.05) is 19.0 Å². The van der Waals surface area contributed by atoms with Gasteiger partial charge in [-0.2, -0.15) is 4.31 Å². The second-order valence-electron chi connectivity index (χ2n) is 4.09. The Morgan fingerprint density at radius 3 is 2.94 bits per heavy atom. The highest BCUT2D eigenvalue weighted by Crippen LogP contribution is 2.32. The summed E-state index contributed by atoms with van der Waals surface area (Å²) in [6.07, 6.45) is -0.239. The Morgan fingerprint density at radius 2 is 2.39 bits per heavy atom. The van der Waals surface area contributed by atoms with Gasteiger partial charge in [-0.1, -0.05) is 0 Å². The van der Waals surface area contributed by atoms with Crippen molar-refractivity contribution in [1.29, 1.82) is 0 Å². The Balaban J connectivity index is 2.31. The average molecular weight is 375 g/mol. The zero-order valence-corrected chi connectivity index (χ0v) is 13.7. The summed E-state index contributed by atoms with van der Waals surface area (Å²) < 4.78 is 33.0. The molecule has 2 unspecified atom stereocenters. The lowest BCUT2D eigenvalue weighted by Gasteiger charge is -2.36. The maximum atomic E-state index is 12.5. The highest BCUT2D eigenvalue weighted by Gasteiger charge is 2.36. The summed E-state index contributed by atoms with van der Waals surface area (Å²) >= 11 is 10.2. The second-order valence-corrected chi connectivity index (χ2v) is 8.25. The Kier molecular flexibility index (Phi) is 4.72. The topological polar surface area (TPSA) is 46.6 Å². The van der Waals surface area contributed by atoms with E-state index in [9.17, 15) is 8.42 Å². The lowest BCUT2D eigenvalue weighted by atomic mass is 10.2. The minimum atomic E-state index is -3.48. The van der Waals surface area contributed by atoms with E-state index in [0.29, 0.717) is 27.7 Å². The molecule has 102 valence electrons. The van der Waals surface area contributed by atoms with Crippen LogP contribution in [-0.2, 0) is 14.8 Å². The third-order valence-electron chi connectivity index (χ3n) is 2.75. The maximum Gasteiger partial charge on any atom is 0.254 e. The number of morpholine rings is 1. The first kappa shape index (κ1) is 14.7. The number of hydrogen-bond acceptors (Lipinski definition) is 4. The monoisotopic (exact) mass is 373 g/mol. The molecule has 1 aliphatic heterocycles. The van der Waals surface area contributed by atoms with Crippen molar-refractivity contribution in [2.24, 2.45) is 0 Å². The number of halogens is 2. The van der Waals surface area contributed by atoms with Gasteiger partial charge in [-0.3, -0.25) is 0 Å². The van der Waals surface area contributed by atoms with E-state index in [-0.39, 0.29) is 12.1 Å². The van der Waals surface area contributed by atoms with Crippen LogP contribution in [0, 0.1) is 0 Å². The first-order valence-electron chi connectivity index (χ1n) is 5.39. The summed E-state index contributed by atoms with van der Waals surface area (Å²) in [7, 11) is -3.48. The first-order chi connectivity index (χ1) is 8.46. The first-order valence-corrected chi connectivity index (χ1v) is 9.04. The molecule has 2 heterocycles. The van der Waals surface area contributed by atoms with E-state index in [1.165, 1.54) is 15.6 Å². The van der Waals surface area contributed by atoms with Crippen molar-refractivity contribution >= 4 is 48.9 Å². The minimum Gasteiger partial charge on any atom is -0.374 e. The molecule has 0 amide bonds. The van der Waals surface area contributed by atoms with Crippen LogP contribution in [0.3, 0.4) is 0 Å². The van der Waals surface area contributed by atoms with Gasteiger partial charge in [0, 0.05) is 22.9 Å². The lowest BCUT2D eigenvalue weighted by molar-refractivity contribution is -0.0151. The van der Waals surface area contributed by atoms with Gasteiger partial charge in [0.2, 0.25) is 0 Å². The van der Waals surface area contributed by atoms with Crippen molar-refractivity contribution < 1.29 is 13.2 Å². The third kappa shape index (κ3) is 2.76. The predicted octanol–water partition coefficient (Wildman–Crippen LogP) is 2.53. The fourth-order valence-electron chi connectivity index (χ4n) is 1.79. The van der Waals surface area contributed by atoms with E-state index in [0.717, 1.165) is 0 Å². The Bertz CT molecular complexity index is 519. The smallest absolute Gasteiger partial charge is 0.254 e. The molecule has 0 radical (unpaired) electrons. The van der Waals surface area contributed by atoms with Crippen LogP contribution in [0.25, 0.3) is 0 Å². The summed E-state index contributed by atoms with van der Waals surface area (Å²) in [5.74, 6) is 0.296. The van der Waals surface area contributed by atoms with Gasteiger partial charge in [0.25, 0.3) is 10.0 Å². The Hall–Kier alpha value is 0.340. The number of sulfonamides is 1. The average Bonchev–Trinajstić information content (AvgIpc) is 2.76. The SMILES string of the molecule is CC1COC(CCl)CN1S(=O)(=O)c1sccc1Br. The van der Waals surface area contributed by atoms with Crippen LogP contribution < -0.4 is 0 Å².